The number of carbonyl (C=O) groups excluding carboxylic acids is 1. The van der Waals surface area contributed by atoms with Crippen molar-refractivity contribution in [1.82, 2.24) is 20.2 Å². The van der Waals surface area contributed by atoms with E-state index in [1.165, 1.54) is 0 Å². The summed E-state index contributed by atoms with van der Waals surface area (Å²) in [6.45, 7) is 3.45. The number of nitrogens with one attached hydrogen (secondary N) is 2. The zero-order valence-corrected chi connectivity index (χ0v) is 24.1. The SMILES string of the molecule is CCNC(=O)NCc1ccc(C2O[C@H](Cn3cnc4ccccc43)[C@@H](c3ccccc3)[C@H](c3ccc(CO)cc3)O2)cc1. The smallest absolute Gasteiger partial charge is 0.315 e. The van der Waals surface area contributed by atoms with Crippen molar-refractivity contribution < 1.29 is 19.4 Å². The topological polar surface area (TPSA) is 97.6 Å². The molecule has 8 heteroatoms. The Hall–Kier alpha value is -4.50. The lowest BCUT2D eigenvalue weighted by Gasteiger charge is -2.43. The summed E-state index contributed by atoms with van der Waals surface area (Å²) in [6.07, 6.45) is 0.697. The van der Waals surface area contributed by atoms with Crippen molar-refractivity contribution in [1.29, 1.82) is 0 Å². The number of benzene rings is 4. The highest BCUT2D eigenvalue weighted by Crippen LogP contribution is 2.47. The van der Waals surface area contributed by atoms with Crippen LogP contribution in [-0.4, -0.2) is 33.3 Å². The van der Waals surface area contributed by atoms with Gasteiger partial charge in [-0.05, 0) is 41.3 Å². The molecule has 2 heterocycles. The Bertz CT molecular complexity index is 1640. The molecule has 3 N–H and O–H groups in total. The monoisotopic (exact) mass is 576 g/mol. The minimum Gasteiger partial charge on any atom is -0.392 e. The van der Waals surface area contributed by atoms with Gasteiger partial charge in [-0.1, -0.05) is 91.0 Å². The summed E-state index contributed by atoms with van der Waals surface area (Å²) >= 11 is 0. The van der Waals surface area contributed by atoms with Gasteiger partial charge in [0.25, 0.3) is 0 Å². The van der Waals surface area contributed by atoms with Crippen molar-refractivity contribution in [3.63, 3.8) is 0 Å². The zero-order chi connectivity index (χ0) is 29.6. The molecule has 1 aliphatic rings. The lowest BCUT2D eigenvalue weighted by atomic mass is 9.83. The Labute approximate surface area is 251 Å². The molecule has 6 rings (SSSR count). The van der Waals surface area contributed by atoms with Crippen LogP contribution in [0.1, 0.15) is 53.1 Å². The van der Waals surface area contributed by atoms with Crippen LogP contribution in [0.2, 0.25) is 0 Å². The number of urea groups is 1. The molecule has 1 aromatic heterocycles. The van der Waals surface area contributed by atoms with Crippen LogP contribution >= 0.6 is 0 Å². The number of hydrogen-bond acceptors (Lipinski definition) is 5. The summed E-state index contributed by atoms with van der Waals surface area (Å²) in [5, 5.41) is 15.3. The molecule has 1 fully saturated rings. The highest BCUT2D eigenvalue weighted by atomic mass is 16.7. The third-order valence-corrected chi connectivity index (χ3v) is 7.92. The molecule has 0 spiro atoms. The molecular weight excluding hydrogens is 540 g/mol. The van der Waals surface area contributed by atoms with Crippen LogP contribution in [0, 0.1) is 0 Å². The van der Waals surface area contributed by atoms with Crippen molar-refractivity contribution in [3.8, 4) is 0 Å². The normalized spacial score (nSPS) is 20.1. The number of aliphatic hydroxyl groups excluding tert-OH is 1. The van der Waals surface area contributed by atoms with E-state index in [0.29, 0.717) is 19.6 Å². The lowest BCUT2D eigenvalue weighted by molar-refractivity contribution is -0.263. The second-order valence-electron chi connectivity index (χ2n) is 10.7. The van der Waals surface area contributed by atoms with Crippen LogP contribution in [0.15, 0.2) is 109 Å². The highest BCUT2D eigenvalue weighted by molar-refractivity contribution is 5.75. The molecule has 220 valence electrons. The molecule has 1 saturated heterocycles. The quantitative estimate of drug-likeness (QED) is 0.200. The van der Waals surface area contributed by atoms with E-state index in [2.05, 4.69) is 38.4 Å². The van der Waals surface area contributed by atoms with Crippen LogP contribution in [0.4, 0.5) is 4.79 Å². The number of nitrogens with zero attached hydrogens (tertiary/aromatic N) is 2. The molecule has 43 heavy (non-hydrogen) atoms. The number of carbonyl (C=O) groups is 1. The molecule has 8 nitrogen and oxygen atoms in total. The van der Waals surface area contributed by atoms with Crippen LogP contribution in [0.25, 0.3) is 11.0 Å². The fourth-order valence-corrected chi connectivity index (χ4v) is 5.71. The fourth-order valence-electron chi connectivity index (χ4n) is 5.71. The average Bonchev–Trinajstić information content (AvgIpc) is 3.47. The minimum atomic E-state index is -0.618. The summed E-state index contributed by atoms with van der Waals surface area (Å²) in [5.41, 5.74) is 6.85. The van der Waals surface area contributed by atoms with Crippen molar-refractivity contribution in [2.45, 2.75) is 51.0 Å². The van der Waals surface area contributed by atoms with E-state index in [0.717, 1.165) is 38.9 Å². The van der Waals surface area contributed by atoms with Crippen LogP contribution in [-0.2, 0) is 29.2 Å². The van der Waals surface area contributed by atoms with Crippen LogP contribution in [0.3, 0.4) is 0 Å². The Kier molecular flexibility index (Phi) is 8.79. The highest BCUT2D eigenvalue weighted by Gasteiger charge is 2.42. The summed E-state index contributed by atoms with van der Waals surface area (Å²) < 4.78 is 15.8. The molecule has 4 aromatic carbocycles. The number of aliphatic hydroxyl groups is 1. The fraction of sp³-hybridized carbons (Fsp3) is 0.257. The second kappa shape index (κ2) is 13.2. The van der Waals surface area contributed by atoms with Gasteiger partial charge in [-0.2, -0.15) is 0 Å². The minimum absolute atomic E-state index is 0.0166. The Balaban J connectivity index is 1.35. The molecule has 2 amide bonds. The Morgan fingerprint density at radius 2 is 1.51 bits per heavy atom. The average molecular weight is 577 g/mol. The molecule has 5 aromatic rings. The van der Waals surface area contributed by atoms with Crippen molar-refractivity contribution in [2.24, 2.45) is 0 Å². The summed E-state index contributed by atoms with van der Waals surface area (Å²) in [6, 6.07) is 34.2. The third kappa shape index (κ3) is 6.46. The molecule has 4 atom stereocenters. The number of rotatable bonds is 9. The number of amides is 2. The van der Waals surface area contributed by atoms with Gasteiger partial charge in [0.05, 0.1) is 42.7 Å². The predicted octanol–water partition coefficient (Wildman–Crippen LogP) is 5.99. The summed E-state index contributed by atoms with van der Waals surface area (Å²) in [7, 11) is 0. The molecule has 1 unspecified atom stereocenters. The number of imidazole rings is 1. The van der Waals surface area contributed by atoms with Gasteiger partial charge in [0.15, 0.2) is 6.29 Å². The summed E-state index contributed by atoms with van der Waals surface area (Å²) in [4.78, 5) is 16.5. The maximum Gasteiger partial charge on any atom is 0.315 e. The molecule has 0 aliphatic carbocycles. The van der Waals surface area contributed by atoms with Gasteiger partial charge < -0.3 is 29.8 Å². The molecule has 0 bridgehead atoms. The lowest BCUT2D eigenvalue weighted by Crippen LogP contribution is -2.39. The van der Waals surface area contributed by atoms with E-state index >= 15 is 0 Å². The largest absolute Gasteiger partial charge is 0.392 e. The van der Waals surface area contributed by atoms with E-state index in [4.69, 9.17) is 9.47 Å². The second-order valence-corrected chi connectivity index (χ2v) is 10.7. The number of ether oxygens (including phenoxy) is 2. The van der Waals surface area contributed by atoms with Gasteiger partial charge in [0.2, 0.25) is 0 Å². The number of aromatic nitrogens is 2. The third-order valence-electron chi connectivity index (χ3n) is 7.92. The van der Waals surface area contributed by atoms with Gasteiger partial charge in [-0.15, -0.1) is 0 Å². The van der Waals surface area contributed by atoms with E-state index in [1.54, 1.807) is 0 Å². The van der Waals surface area contributed by atoms with Crippen molar-refractivity contribution in [3.05, 3.63) is 137 Å². The van der Waals surface area contributed by atoms with Gasteiger partial charge in [-0.3, -0.25) is 0 Å². The number of fused-ring (bicyclic) bond motifs is 1. The Morgan fingerprint density at radius 3 is 2.26 bits per heavy atom. The maximum absolute atomic E-state index is 11.9. The Morgan fingerprint density at radius 1 is 0.814 bits per heavy atom. The number of para-hydroxylation sites is 2. The first-order valence-corrected chi connectivity index (χ1v) is 14.7. The van der Waals surface area contributed by atoms with E-state index in [9.17, 15) is 9.90 Å². The van der Waals surface area contributed by atoms with Crippen molar-refractivity contribution >= 4 is 17.1 Å². The van der Waals surface area contributed by atoms with Gasteiger partial charge in [0.1, 0.15) is 0 Å². The molecular formula is C35H36N4O4. The van der Waals surface area contributed by atoms with Gasteiger partial charge >= 0.3 is 6.03 Å². The first kappa shape index (κ1) is 28.6. The van der Waals surface area contributed by atoms with Crippen LogP contribution in [0.5, 0.6) is 0 Å². The standard InChI is InChI=1S/C35H36N4O4/c1-2-36-35(41)37-20-24-12-18-28(19-13-24)34-42-31(21-39-23-38-29-10-6-7-11-30(29)39)32(26-8-4-3-5-9-26)33(43-34)27-16-14-25(22-40)15-17-27/h3-19,23,31-34,40H,2,20-22H2,1H3,(H2,36,37,41)/t31-,32-,33+,34?/m1/s1. The molecule has 0 radical (unpaired) electrons. The van der Waals surface area contributed by atoms with E-state index in [1.807, 2.05) is 98.2 Å². The van der Waals surface area contributed by atoms with Crippen LogP contribution < -0.4 is 10.6 Å². The first-order chi connectivity index (χ1) is 21.1. The van der Waals surface area contributed by atoms with E-state index < -0.39 is 6.29 Å². The number of hydrogen-bond donors (Lipinski definition) is 3. The zero-order valence-electron chi connectivity index (χ0n) is 24.1. The molecule has 1 aliphatic heterocycles. The van der Waals surface area contributed by atoms with Gasteiger partial charge in [-0.25, -0.2) is 9.78 Å². The summed E-state index contributed by atoms with van der Waals surface area (Å²) in [5.74, 6) is -0.112. The van der Waals surface area contributed by atoms with Crippen molar-refractivity contribution in [2.75, 3.05) is 6.54 Å². The first-order valence-electron chi connectivity index (χ1n) is 14.7. The van der Waals surface area contributed by atoms with Gasteiger partial charge in [0, 0.05) is 24.6 Å². The predicted molar refractivity (Wildman–Crippen MR) is 165 cm³/mol. The maximum atomic E-state index is 11.9. The van der Waals surface area contributed by atoms with E-state index in [-0.39, 0.29) is 30.8 Å². The molecule has 0 saturated carbocycles.